The lowest BCUT2D eigenvalue weighted by Crippen LogP contribution is -2.32. The van der Waals surface area contributed by atoms with Gasteiger partial charge in [0.25, 0.3) is 0 Å². The molecule has 0 atom stereocenters. The maximum absolute atomic E-state index is 11.1. The van der Waals surface area contributed by atoms with Gasteiger partial charge in [-0.15, -0.1) is 0 Å². The third-order valence-corrected chi connectivity index (χ3v) is 2.24. The Hall–Kier alpha value is -0.730. The van der Waals surface area contributed by atoms with Gasteiger partial charge in [-0.05, 0) is 49.7 Å². The van der Waals surface area contributed by atoms with Gasteiger partial charge < -0.3 is 0 Å². The summed E-state index contributed by atoms with van der Waals surface area (Å²) in [5, 5.41) is 0.154. The second kappa shape index (κ2) is 4.67. The maximum Gasteiger partial charge on any atom is 0.321 e. The van der Waals surface area contributed by atoms with Gasteiger partial charge >= 0.3 is 5.37 Å². The molecule has 14 heavy (non-hydrogen) atoms. The van der Waals surface area contributed by atoms with E-state index in [-0.39, 0.29) is 6.04 Å². The molecule has 1 aromatic carbocycles. The van der Waals surface area contributed by atoms with Gasteiger partial charge in [-0.3, -0.25) is 9.69 Å². The average molecular weight is 232 g/mol. The van der Waals surface area contributed by atoms with Crippen LogP contribution in [0.15, 0.2) is 24.3 Å². The molecule has 4 heteroatoms. The molecule has 0 heterocycles. The van der Waals surface area contributed by atoms with Crippen LogP contribution in [0.25, 0.3) is 0 Å². The molecule has 0 saturated heterocycles. The normalized spacial score (nSPS) is 10.4. The van der Waals surface area contributed by atoms with Crippen LogP contribution < -0.4 is 4.90 Å². The molecule has 0 radical (unpaired) electrons. The van der Waals surface area contributed by atoms with Gasteiger partial charge in [-0.2, -0.15) is 0 Å². The topological polar surface area (TPSA) is 20.3 Å². The Kier molecular flexibility index (Phi) is 3.78. The first-order chi connectivity index (χ1) is 6.52. The van der Waals surface area contributed by atoms with Crippen LogP contribution >= 0.6 is 23.2 Å². The van der Waals surface area contributed by atoms with E-state index in [1.54, 1.807) is 24.3 Å². The van der Waals surface area contributed by atoms with Gasteiger partial charge in [-0.25, -0.2) is 0 Å². The Balaban J connectivity index is 3.00. The van der Waals surface area contributed by atoms with Crippen LogP contribution in [0, 0.1) is 0 Å². The third kappa shape index (κ3) is 2.63. The number of carbonyl (C=O) groups is 1. The highest BCUT2D eigenvalue weighted by molar-refractivity contribution is 6.66. The van der Waals surface area contributed by atoms with Crippen LogP contribution in [0.5, 0.6) is 0 Å². The van der Waals surface area contributed by atoms with Crippen LogP contribution in [0.2, 0.25) is 5.02 Å². The molecule has 0 bridgehead atoms. The average Bonchev–Trinajstić information content (AvgIpc) is 2.07. The fourth-order valence-electron chi connectivity index (χ4n) is 1.20. The quantitative estimate of drug-likeness (QED) is 0.559. The Bertz CT molecular complexity index is 321. The zero-order chi connectivity index (χ0) is 10.7. The van der Waals surface area contributed by atoms with Gasteiger partial charge in [0.2, 0.25) is 0 Å². The predicted octanol–water partition coefficient (Wildman–Crippen LogP) is 3.91. The van der Waals surface area contributed by atoms with Crippen molar-refractivity contribution >= 4 is 34.3 Å². The van der Waals surface area contributed by atoms with Gasteiger partial charge in [0.15, 0.2) is 0 Å². The standard InChI is InChI=1S/C10H11Cl2NO/c1-7(2)13(10(12)14)9-5-3-8(11)4-6-9/h3-7H,1-2H3. The number of hydrogen-bond donors (Lipinski definition) is 0. The minimum Gasteiger partial charge on any atom is -0.296 e. The Morgan fingerprint density at radius 3 is 2.14 bits per heavy atom. The molecule has 0 saturated carbocycles. The van der Waals surface area contributed by atoms with Crippen molar-refractivity contribution in [2.75, 3.05) is 4.90 Å². The SMILES string of the molecule is CC(C)N(C(=O)Cl)c1ccc(Cl)cc1. The number of carbonyl (C=O) groups excluding carboxylic acids is 1. The monoisotopic (exact) mass is 231 g/mol. The molecule has 1 rings (SSSR count). The lowest BCUT2D eigenvalue weighted by atomic mass is 10.2. The molecule has 1 amide bonds. The summed E-state index contributed by atoms with van der Waals surface area (Å²) < 4.78 is 0. The molecular formula is C10H11Cl2NO. The number of halogens is 2. The lowest BCUT2D eigenvalue weighted by molar-refractivity contribution is 0.263. The van der Waals surface area contributed by atoms with Crippen molar-refractivity contribution < 1.29 is 4.79 Å². The molecule has 0 aliphatic rings. The van der Waals surface area contributed by atoms with E-state index in [2.05, 4.69) is 0 Å². The fourth-order valence-corrected chi connectivity index (χ4v) is 1.62. The summed E-state index contributed by atoms with van der Waals surface area (Å²) in [6, 6.07) is 7.02. The van der Waals surface area contributed by atoms with Crippen LogP contribution in [-0.2, 0) is 0 Å². The summed E-state index contributed by atoms with van der Waals surface area (Å²) in [5.41, 5.74) is 0.754. The van der Waals surface area contributed by atoms with Gasteiger partial charge in [0.1, 0.15) is 0 Å². The smallest absolute Gasteiger partial charge is 0.296 e. The highest BCUT2D eigenvalue weighted by Gasteiger charge is 2.16. The van der Waals surface area contributed by atoms with E-state index >= 15 is 0 Å². The van der Waals surface area contributed by atoms with Crippen molar-refractivity contribution in [2.45, 2.75) is 19.9 Å². The molecule has 0 spiro atoms. The first-order valence-electron chi connectivity index (χ1n) is 4.26. The number of nitrogens with zero attached hydrogens (tertiary/aromatic N) is 1. The second-order valence-corrected chi connectivity index (χ2v) is 3.95. The van der Waals surface area contributed by atoms with Crippen LogP contribution in [0.3, 0.4) is 0 Å². The first kappa shape index (κ1) is 11.3. The third-order valence-electron chi connectivity index (χ3n) is 1.81. The van der Waals surface area contributed by atoms with E-state index in [1.807, 2.05) is 13.8 Å². The zero-order valence-corrected chi connectivity index (χ0v) is 9.51. The van der Waals surface area contributed by atoms with Gasteiger partial charge in [0.05, 0.1) is 0 Å². The summed E-state index contributed by atoms with van der Waals surface area (Å²) in [4.78, 5) is 12.6. The molecule has 76 valence electrons. The van der Waals surface area contributed by atoms with Crippen molar-refractivity contribution in [1.29, 1.82) is 0 Å². The molecule has 0 aromatic heterocycles. The van der Waals surface area contributed by atoms with Crippen molar-refractivity contribution in [2.24, 2.45) is 0 Å². The Morgan fingerprint density at radius 2 is 1.79 bits per heavy atom. The summed E-state index contributed by atoms with van der Waals surface area (Å²) in [6.07, 6.45) is 0. The fraction of sp³-hybridized carbons (Fsp3) is 0.300. The molecule has 2 nitrogen and oxygen atoms in total. The van der Waals surface area contributed by atoms with Crippen molar-refractivity contribution in [3.8, 4) is 0 Å². The van der Waals surface area contributed by atoms with E-state index in [0.29, 0.717) is 5.02 Å². The first-order valence-corrected chi connectivity index (χ1v) is 5.02. The van der Waals surface area contributed by atoms with Crippen molar-refractivity contribution in [3.63, 3.8) is 0 Å². The number of hydrogen-bond acceptors (Lipinski definition) is 1. The van der Waals surface area contributed by atoms with Crippen LogP contribution in [0.4, 0.5) is 10.5 Å². The van der Waals surface area contributed by atoms with E-state index in [1.165, 1.54) is 4.90 Å². The molecule has 1 aromatic rings. The van der Waals surface area contributed by atoms with E-state index in [4.69, 9.17) is 23.2 Å². The van der Waals surface area contributed by atoms with Gasteiger partial charge in [-0.1, -0.05) is 11.6 Å². The summed E-state index contributed by atoms with van der Waals surface area (Å²) in [6.45, 7) is 3.80. The van der Waals surface area contributed by atoms with Gasteiger partial charge in [0, 0.05) is 16.8 Å². The largest absolute Gasteiger partial charge is 0.321 e. The Labute approximate surface area is 93.4 Å². The lowest BCUT2D eigenvalue weighted by Gasteiger charge is -2.23. The van der Waals surface area contributed by atoms with E-state index in [9.17, 15) is 4.79 Å². The molecule has 0 N–H and O–H groups in total. The molecule has 0 aliphatic carbocycles. The van der Waals surface area contributed by atoms with Crippen molar-refractivity contribution in [3.05, 3.63) is 29.3 Å². The number of amides is 1. The molecule has 0 unspecified atom stereocenters. The Morgan fingerprint density at radius 1 is 1.29 bits per heavy atom. The minimum atomic E-state index is -0.484. The predicted molar refractivity (Wildman–Crippen MR) is 60.3 cm³/mol. The summed E-state index contributed by atoms with van der Waals surface area (Å²) in [5.74, 6) is 0. The zero-order valence-electron chi connectivity index (χ0n) is 8.00. The molecule has 0 fully saturated rings. The number of anilines is 1. The maximum atomic E-state index is 11.1. The summed E-state index contributed by atoms with van der Waals surface area (Å²) >= 11 is 11.2. The minimum absolute atomic E-state index is 0.0289. The number of benzene rings is 1. The van der Waals surface area contributed by atoms with Crippen LogP contribution in [-0.4, -0.2) is 11.4 Å². The molecule has 0 aliphatic heterocycles. The highest BCUT2D eigenvalue weighted by atomic mass is 35.5. The van der Waals surface area contributed by atoms with E-state index < -0.39 is 5.37 Å². The van der Waals surface area contributed by atoms with Crippen molar-refractivity contribution in [1.82, 2.24) is 0 Å². The second-order valence-electron chi connectivity index (χ2n) is 3.19. The summed E-state index contributed by atoms with van der Waals surface area (Å²) in [7, 11) is 0. The van der Waals surface area contributed by atoms with Crippen LogP contribution in [0.1, 0.15) is 13.8 Å². The number of rotatable bonds is 2. The highest BCUT2D eigenvalue weighted by Crippen LogP contribution is 2.21. The van der Waals surface area contributed by atoms with E-state index in [0.717, 1.165) is 5.69 Å². The molecular weight excluding hydrogens is 221 g/mol.